The number of anilines is 1. The monoisotopic (exact) mass is 420 g/mol. The first-order chi connectivity index (χ1) is 15.1. The minimum absolute atomic E-state index is 0.0929. The number of nitrogens with one attached hydrogen (secondary N) is 1. The van der Waals surface area contributed by atoms with Crippen LogP contribution in [0.4, 0.5) is 5.69 Å². The summed E-state index contributed by atoms with van der Waals surface area (Å²) in [5.74, 6) is 1.64. The van der Waals surface area contributed by atoms with Gasteiger partial charge in [-0.3, -0.25) is 9.59 Å². The fourth-order valence-corrected chi connectivity index (χ4v) is 3.75. The molecule has 3 heterocycles. The van der Waals surface area contributed by atoms with Crippen LogP contribution >= 0.6 is 0 Å². The summed E-state index contributed by atoms with van der Waals surface area (Å²) < 4.78 is 15.7. The van der Waals surface area contributed by atoms with Crippen molar-refractivity contribution in [2.45, 2.75) is 19.9 Å². The van der Waals surface area contributed by atoms with Crippen LogP contribution < -0.4 is 19.7 Å². The molecular weight excluding hydrogens is 400 g/mol. The Hall–Kier alpha value is -3.88. The van der Waals surface area contributed by atoms with Crippen molar-refractivity contribution in [2.24, 2.45) is 5.92 Å². The van der Waals surface area contributed by atoms with Crippen LogP contribution in [0, 0.1) is 12.8 Å². The van der Waals surface area contributed by atoms with E-state index in [2.05, 4.69) is 15.5 Å². The second-order valence-electron chi connectivity index (χ2n) is 7.50. The molecule has 158 valence electrons. The number of benzene rings is 2. The smallest absolute Gasteiger partial charge is 0.231 e. The van der Waals surface area contributed by atoms with Crippen molar-refractivity contribution in [1.82, 2.24) is 15.5 Å². The highest BCUT2D eigenvalue weighted by Gasteiger charge is 2.35. The highest BCUT2D eigenvalue weighted by molar-refractivity contribution is 6.00. The van der Waals surface area contributed by atoms with Crippen molar-refractivity contribution in [3.63, 3.8) is 0 Å². The SMILES string of the molecule is Cc1nc(-c2cccc(N3C[C@H](C(=O)NCc4ccc5c(c4)OCO5)CC3=O)c2)no1. The molecule has 1 N–H and O–H groups in total. The van der Waals surface area contributed by atoms with Gasteiger partial charge in [-0.25, -0.2) is 0 Å². The maximum absolute atomic E-state index is 12.7. The Morgan fingerprint density at radius 1 is 1.19 bits per heavy atom. The predicted molar refractivity (Wildman–Crippen MR) is 109 cm³/mol. The van der Waals surface area contributed by atoms with Gasteiger partial charge in [-0.1, -0.05) is 23.4 Å². The van der Waals surface area contributed by atoms with Crippen LogP contribution in [0.15, 0.2) is 47.0 Å². The summed E-state index contributed by atoms with van der Waals surface area (Å²) >= 11 is 0. The number of amides is 2. The number of aryl methyl sites for hydroxylation is 1. The Morgan fingerprint density at radius 3 is 2.90 bits per heavy atom. The van der Waals surface area contributed by atoms with E-state index < -0.39 is 5.92 Å². The van der Waals surface area contributed by atoms with Gasteiger partial charge in [0.2, 0.25) is 30.3 Å². The van der Waals surface area contributed by atoms with Crippen LogP contribution in [-0.4, -0.2) is 35.3 Å². The van der Waals surface area contributed by atoms with E-state index in [1.807, 2.05) is 42.5 Å². The van der Waals surface area contributed by atoms with E-state index in [1.54, 1.807) is 11.8 Å². The third kappa shape index (κ3) is 3.81. The van der Waals surface area contributed by atoms with Crippen LogP contribution in [0.2, 0.25) is 0 Å². The number of carbonyl (C=O) groups is 2. The molecule has 2 aromatic carbocycles. The van der Waals surface area contributed by atoms with Gasteiger partial charge >= 0.3 is 0 Å². The van der Waals surface area contributed by atoms with Gasteiger partial charge in [0.05, 0.1) is 5.92 Å². The molecule has 0 saturated carbocycles. The van der Waals surface area contributed by atoms with Crippen molar-refractivity contribution < 1.29 is 23.6 Å². The highest BCUT2D eigenvalue weighted by atomic mass is 16.7. The highest BCUT2D eigenvalue weighted by Crippen LogP contribution is 2.32. The van der Waals surface area contributed by atoms with Gasteiger partial charge in [-0.05, 0) is 29.8 Å². The number of rotatable bonds is 5. The fraction of sp³-hybridized carbons (Fsp3) is 0.273. The molecule has 0 aliphatic carbocycles. The molecule has 2 aliphatic heterocycles. The third-order valence-corrected chi connectivity index (χ3v) is 5.34. The van der Waals surface area contributed by atoms with E-state index in [9.17, 15) is 9.59 Å². The number of ether oxygens (including phenoxy) is 2. The van der Waals surface area contributed by atoms with Crippen molar-refractivity contribution in [2.75, 3.05) is 18.2 Å². The molecule has 0 radical (unpaired) electrons. The molecule has 2 amide bonds. The first-order valence-corrected chi connectivity index (χ1v) is 9.94. The van der Waals surface area contributed by atoms with Gasteiger partial charge < -0.3 is 24.2 Å². The Labute approximate surface area is 177 Å². The summed E-state index contributed by atoms with van der Waals surface area (Å²) in [6, 6.07) is 12.9. The minimum Gasteiger partial charge on any atom is -0.454 e. The summed E-state index contributed by atoms with van der Waals surface area (Å²) in [6.45, 7) is 2.60. The van der Waals surface area contributed by atoms with E-state index in [0.717, 1.165) is 11.1 Å². The Kier molecular flexibility index (Phi) is 4.78. The second kappa shape index (κ2) is 7.75. The van der Waals surface area contributed by atoms with Gasteiger partial charge in [0, 0.05) is 37.7 Å². The number of hydrogen-bond donors (Lipinski definition) is 1. The maximum Gasteiger partial charge on any atom is 0.231 e. The largest absolute Gasteiger partial charge is 0.454 e. The summed E-state index contributed by atoms with van der Waals surface area (Å²) in [5.41, 5.74) is 2.36. The number of carbonyl (C=O) groups excluding carboxylic acids is 2. The molecule has 1 atom stereocenters. The Balaban J connectivity index is 1.24. The van der Waals surface area contributed by atoms with E-state index >= 15 is 0 Å². The minimum atomic E-state index is -0.419. The van der Waals surface area contributed by atoms with E-state index in [4.69, 9.17) is 14.0 Å². The van der Waals surface area contributed by atoms with Crippen LogP contribution in [0.5, 0.6) is 11.5 Å². The summed E-state index contributed by atoms with van der Waals surface area (Å²) in [5, 5.41) is 6.84. The van der Waals surface area contributed by atoms with Gasteiger partial charge in [0.1, 0.15) is 0 Å². The molecule has 0 bridgehead atoms. The average molecular weight is 420 g/mol. The Bertz CT molecular complexity index is 1160. The maximum atomic E-state index is 12.7. The van der Waals surface area contributed by atoms with Crippen molar-refractivity contribution in [1.29, 1.82) is 0 Å². The van der Waals surface area contributed by atoms with Gasteiger partial charge in [0.25, 0.3) is 0 Å². The lowest BCUT2D eigenvalue weighted by Gasteiger charge is -2.17. The molecule has 9 heteroatoms. The lowest BCUT2D eigenvalue weighted by molar-refractivity contribution is -0.126. The molecule has 3 aromatic rings. The zero-order valence-corrected chi connectivity index (χ0v) is 16.8. The van der Waals surface area contributed by atoms with E-state index in [1.165, 1.54) is 0 Å². The standard InChI is InChI=1S/C22H20N4O5/c1-13-24-21(25-31-13)15-3-2-4-17(8-15)26-11-16(9-20(26)27)22(28)23-10-14-5-6-18-19(7-14)30-12-29-18/h2-8,16H,9-12H2,1H3,(H,23,28)/t16-/m1/s1. The molecule has 5 rings (SSSR count). The zero-order valence-electron chi connectivity index (χ0n) is 16.8. The van der Waals surface area contributed by atoms with Crippen molar-refractivity contribution >= 4 is 17.5 Å². The number of fused-ring (bicyclic) bond motifs is 1. The van der Waals surface area contributed by atoms with Crippen LogP contribution in [0.25, 0.3) is 11.4 Å². The molecule has 1 saturated heterocycles. The molecule has 0 spiro atoms. The zero-order chi connectivity index (χ0) is 21.4. The third-order valence-electron chi connectivity index (χ3n) is 5.34. The van der Waals surface area contributed by atoms with Crippen molar-refractivity contribution in [3.8, 4) is 22.9 Å². The van der Waals surface area contributed by atoms with Gasteiger partial charge in [0.15, 0.2) is 11.5 Å². The lowest BCUT2D eigenvalue weighted by atomic mass is 10.1. The van der Waals surface area contributed by atoms with Crippen LogP contribution in [0.1, 0.15) is 17.9 Å². The van der Waals surface area contributed by atoms with Crippen molar-refractivity contribution in [3.05, 3.63) is 53.9 Å². The number of nitrogens with zero attached hydrogens (tertiary/aromatic N) is 3. The molecule has 0 unspecified atom stereocenters. The van der Waals surface area contributed by atoms with Gasteiger partial charge in [-0.2, -0.15) is 4.98 Å². The molecule has 31 heavy (non-hydrogen) atoms. The first kappa shape index (κ1) is 19.1. The van der Waals surface area contributed by atoms with E-state index in [0.29, 0.717) is 42.0 Å². The Morgan fingerprint density at radius 2 is 2.06 bits per heavy atom. The van der Waals surface area contributed by atoms with Crippen LogP contribution in [-0.2, 0) is 16.1 Å². The lowest BCUT2D eigenvalue weighted by Crippen LogP contribution is -2.32. The van der Waals surface area contributed by atoms with Crippen LogP contribution in [0.3, 0.4) is 0 Å². The number of hydrogen-bond acceptors (Lipinski definition) is 7. The normalized spacial score (nSPS) is 17.3. The molecule has 1 aromatic heterocycles. The quantitative estimate of drug-likeness (QED) is 0.676. The first-order valence-electron chi connectivity index (χ1n) is 9.94. The average Bonchev–Trinajstić information content (AvgIpc) is 3.51. The predicted octanol–water partition coefficient (Wildman–Crippen LogP) is 2.44. The molecule has 9 nitrogen and oxygen atoms in total. The number of aromatic nitrogens is 2. The molecule has 1 fully saturated rings. The second-order valence-corrected chi connectivity index (χ2v) is 7.50. The topological polar surface area (TPSA) is 107 Å². The summed E-state index contributed by atoms with van der Waals surface area (Å²) in [6.07, 6.45) is 0.165. The van der Waals surface area contributed by atoms with E-state index in [-0.39, 0.29) is 25.0 Å². The molecule has 2 aliphatic rings. The fourth-order valence-electron chi connectivity index (χ4n) is 3.75. The summed E-state index contributed by atoms with van der Waals surface area (Å²) in [7, 11) is 0. The van der Waals surface area contributed by atoms with Gasteiger partial charge in [-0.15, -0.1) is 0 Å². The molecular formula is C22H20N4O5. The summed E-state index contributed by atoms with van der Waals surface area (Å²) in [4.78, 5) is 31.1.